The number of nitrogens with one attached hydrogen (secondary N) is 1. The number of aromatic hydroxyl groups is 1. The van der Waals surface area contributed by atoms with Crippen LogP contribution in [-0.4, -0.2) is 30.8 Å². The van der Waals surface area contributed by atoms with Gasteiger partial charge in [0.05, 0.1) is 18.1 Å². The van der Waals surface area contributed by atoms with Crippen molar-refractivity contribution in [2.24, 2.45) is 5.92 Å². The zero-order valence-electron chi connectivity index (χ0n) is 9.99. The van der Waals surface area contributed by atoms with Crippen molar-refractivity contribution in [3.63, 3.8) is 0 Å². The molecule has 1 aliphatic rings. The number of halogens is 1. The molecular weight excluding hydrogens is 254 g/mol. The molecule has 2 rings (SSSR count). The van der Waals surface area contributed by atoms with Crippen molar-refractivity contribution < 1.29 is 14.6 Å². The van der Waals surface area contributed by atoms with Crippen molar-refractivity contribution in [3.8, 4) is 5.75 Å². The molecule has 1 unspecified atom stereocenters. The zero-order chi connectivity index (χ0) is 13.0. The van der Waals surface area contributed by atoms with Crippen LogP contribution in [-0.2, 0) is 16.0 Å². The summed E-state index contributed by atoms with van der Waals surface area (Å²) in [6, 6.07) is 4.80. The highest BCUT2D eigenvalue weighted by atomic mass is 35.5. The Morgan fingerprint density at radius 2 is 2.39 bits per heavy atom. The van der Waals surface area contributed by atoms with E-state index in [1.165, 1.54) is 6.07 Å². The summed E-state index contributed by atoms with van der Waals surface area (Å²) < 4.78 is 5.24. The molecular formula is C13H16ClNO3. The lowest BCUT2D eigenvalue weighted by Crippen LogP contribution is -2.30. The van der Waals surface area contributed by atoms with Crippen molar-refractivity contribution in [2.45, 2.75) is 12.8 Å². The Balaban J connectivity index is 1.80. The lowest BCUT2D eigenvalue weighted by atomic mass is 10.1. The van der Waals surface area contributed by atoms with E-state index in [1.54, 1.807) is 12.1 Å². The summed E-state index contributed by atoms with van der Waals surface area (Å²) >= 11 is 5.78. The number of phenolic OH excluding ortho intramolecular Hbond substituents is 1. The summed E-state index contributed by atoms with van der Waals surface area (Å²) in [4.78, 5) is 11.7. The van der Waals surface area contributed by atoms with E-state index in [2.05, 4.69) is 5.32 Å². The molecule has 1 saturated heterocycles. The molecule has 4 nitrogen and oxygen atoms in total. The van der Waals surface area contributed by atoms with Crippen LogP contribution in [0.5, 0.6) is 5.75 Å². The van der Waals surface area contributed by atoms with Gasteiger partial charge >= 0.3 is 0 Å². The maximum Gasteiger partial charge on any atom is 0.224 e. The Kier molecular flexibility index (Phi) is 4.44. The van der Waals surface area contributed by atoms with Gasteiger partial charge < -0.3 is 15.2 Å². The van der Waals surface area contributed by atoms with E-state index in [-0.39, 0.29) is 23.1 Å². The van der Waals surface area contributed by atoms with E-state index in [0.717, 1.165) is 25.2 Å². The molecule has 1 aromatic rings. The van der Waals surface area contributed by atoms with E-state index in [1.807, 2.05) is 0 Å². The molecule has 1 aromatic carbocycles. The normalized spacial score (nSPS) is 18.8. The van der Waals surface area contributed by atoms with Crippen LogP contribution in [0.25, 0.3) is 0 Å². The number of carbonyl (C=O) groups is 1. The highest BCUT2D eigenvalue weighted by Crippen LogP contribution is 2.23. The molecule has 98 valence electrons. The number of hydrogen-bond acceptors (Lipinski definition) is 3. The molecule has 0 bridgehead atoms. The molecule has 0 saturated carbocycles. The third-order valence-electron chi connectivity index (χ3n) is 2.99. The van der Waals surface area contributed by atoms with Crippen LogP contribution in [0.15, 0.2) is 18.2 Å². The highest BCUT2D eigenvalue weighted by molar-refractivity contribution is 6.32. The Labute approximate surface area is 111 Å². The first-order chi connectivity index (χ1) is 8.65. The van der Waals surface area contributed by atoms with Crippen LogP contribution >= 0.6 is 11.6 Å². The van der Waals surface area contributed by atoms with Gasteiger partial charge in [-0.25, -0.2) is 0 Å². The van der Waals surface area contributed by atoms with Crippen molar-refractivity contribution in [1.29, 1.82) is 0 Å². The fourth-order valence-corrected chi connectivity index (χ4v) is 2.11. The van der Waals surface area contributed by atoms with Crippen LogP contribution < -0.4 is 5.32 Å². The second-order valence-corrected chi connectivity index (χ2v) is 4.90. The van der Waals surface area contributed by atoms with Gasteiger partial charge in [-0.15, -0.1) is 0 Å². The fourth-order valence-electron chi connectivity index (χ4n) is 1.91. The lowest BCUT2D eigenvalue weighted by Gasteiger charge is -2.09. The van der Waals surface area contributed by atoms with Crippen molar-refractivity contribution in [1.82, 2.24) is 5.32 Å². The van der Waals surface area contributed by atoms with Crippen molar-refractivity contribution >= 4 is 17.5 Å². The highest BCUT2D eigenvalue weighted by Gasteiger charge is 2.16. The van der Waals surface area contributed by atoms with E-state index in [0.29, 0.717) is 12.5 Å². The van der Waals surface area contributed by atoms with Gasteiger partial charge in [-0.05, 0) is 24.1 Å². The fraction of sp³-hybridized carbons (Fsp3) is 0.462. The number of benzene rings is 1. The number of hydrogen-bond donors (Lipinski definition) is 2. The molecule has 0 aliphatic carbocycles. The van der Waals surface area contributed by atoms with E-state index in [4.69, 9.17) is 16.3 Å². The molecule has 1 heterocycles. The summed E-state index contributed by atoms with van der Waals surface area (Å²) in [7, 11) is 0. The second kappa shape index (κ2) is 6.07. The van der Waals surface area contributed by atoms with Gasteiger partial charge in [0.1, 0.15) is 5.75 Å². The summed E-state index contributed by atoms with van der Waals surface area (Å²) in [6.45, 7) is 2.17. The lowest BCUT2D eigenvalue weighted by molar-refractivity contribution is -0.120. The average molecular weight is 270 g/mol. The van der Waals surface area contributed by atoms with Crippen molar-refractivity contribution in [3.05, 3.63) is 28.8 Å². The number of amides is 1. The molecule has 0 aromatic heterocycles. The third kappa shape index (κ3) is 3.62. The van der Waals surface area contributed by atoms with Gasteiger partial charge in [-0.3, -0.25) is 4.79 Å². The molecule has 0 spiro atoms. The van der Waals surface area contributed by atoms with Crippen LogP contribution in [0.4, 0.5) is 0 Å². The van der Waals surface area contributed by atoms with Gasteiger partial charge in [0, 0.05) is 19.1 Å². The summed E-state index contributed by atoms with van der Waals surface area (Å²) in [5.41, 5.74) is 0.790. The number of carbonyl (C=O) groups excluding carboxylic acids is 1. The first-order valence-corrected chi connectivity index (χ1v) is 6.35. The zero-order valence-corrected chi connectivity index (χ0v) is 10.7. The summed E-state index contributed by atoms with van der Waals surface area (Å²) in [5.74, 6) is 0.421. The minimum Gasteiger partial charge on any atom is -0.506 e. The SMILES string of the molecule is O=C(Cc1ccc(O)c(Cl)c1)NCC1CCOC1. The van der Waals surface area contributed by atoms with Crippen LogP contribution in [0.2, 0.25) is 5.02 Å². The maximum atomic E-state index is 11.7. The molecule has 5 heteroatoms. The van der Waals surface area contributed by atoms with Crippen LogP contribution in [0, 0.1) is 5.92 Å². The average Bonchev–Trinajstić information content (AvgIpc) is 2.84. The largest absolute Gasteiger partial charge is 0.506 e. The Morgan fingerprint density at radius 3 is 3.06 bits per heavy atom. The molecule has 2 N–H and O–H groups in total. The van der Waals surface area contributed by atoms with Crippen molar-refractivity contribution in [2.75, 3.05) is 19.8 Å². The number of rotatable bonds is 4. The van der Waals surface area contributed by atoms with Gasteiger partial charge in [0.15, 0.2) is 0 Å². The smallest absolute Gasteiger partial charge is 0.224 e. The van der Waals surface area contributed by atoms with Gasteiger partial charge in [0.25, 0.3) is 0 Å². The van der Waals surface area contributed by atoms with Gasteiger partial charge in [0.2, 0.25) is 5.91 Å². The van der Waals surface area contributed by atoms with Gasteiger partial charge in [-0.2, -0.15) is 0 Å². The predicted molar refractivity (Wildman–Crippen MR) is 68.8 cm³/mol. The van der Waals surface area contributed by atoms with E-state index < -0.39 is 0 Å². The first kappa shape index (κ1) is 13.2. The second-order valence-electron chi connectivity index (χ2n) is 4.50. The third-order valence-corrected chi connectivity index (χ3v) is 3.29. The molecule has 18 heavy (non-hydrogen) atoms. The van der Waals surface area contributed by atoms with E-state index >= 15 is 0 Å². The first-order valence-electron chi connectivity index (χ1n) is 5.97. The van der Waals surface area contributed by atoms with Gasteiger partial charge in [-0.1, -0.05) is 17.7 Å². The molecule has 1 fully saturated rings. The topological polar surface area (TPSA) is 58.6 Å². The quantitative estimate of drug-likeness (QED) is 0.875. The number of phenols is 1. The summed E-state index contributed by atoms with van der Waals surface area (Å²) in [5, 5.41) is 12.4. The minimum atomic E-state index is -0.0383. The predicted octanol–water partition coefficient (Wildman–Crippen LogP) is 1.74. The molecule has 1 aliphatic heterocycles. The Bertz CT molecular complexity index is 430. The summed E-state index contributed by atoms with van der Waals surface area (Å²) in [6.07, 6.45) is 1.28. The Morgan fingerprint density at radius 1 is 1.56 bits per heavy atom. The molecule has 1 amide bonds. The van der Waals surface area contributed by atoms with Crippen LogP contribution in [0.1, 0.15) is 12.0 Å². The Hall–Kier alpha value is -1.26. The molecule has 0 radical (unpaired) electrons. The minimum absolute atomic E-state index is 0.0314. The monoisotopic (exact) mass is 269 g/mol. The maximum absolute atomic E-state index is 11.7. The standard InChI is InChI=1S/C13H16ClNO3/c14-11-5-9(1-2-12(11)16)6-13(17)15-7-10-3-4-18-8-10/h1-2,5,10,16H,3-4,6-8H2,(H,15,17). The van der Waals surface area contributed by atoms with Crippen LogP contribution in [0.3, 0.4) is 0 Å². The van der Waals surface area contributed by atoms with E-state index in [9.17, 15) is 9.90 Å². The molecule has 1 atom stereocenters. The number of ether oxygens (including phenoxy) is 1.